The molecule has 6 heteroatoms. The predicted molar refractivity (Wildman–Crippen MR) is 129 cm³/mol. The van der Waals surface area contributed by atoms with E-state index in [0.29, 0.717) is 6.54 Å². The van der Waals surface area contributed by atoms with Gasteiger partial charge in [0.2, 0.25) is 5.91 Å². The van der Waals surface area contributed by atoms with Crippen LogP contribution in [0.1, 0.15) is 25.3 Å². The van der Waals surface area contributed by atoms with Crippen LogP contribution in [0.2, 0.25) is 0 Å². The number of likely N-dealkylation sites (N-methyl/N-ethyl adjacent to an activating group) is 1. The molecule has 2 aromatic carbocycles. The first kappa shape index (κ1) is 22.2. The highest BCUT2D eigenvalue weighted by Gasteiger charge is 2.22. The summed E-state index contributed by atoms with van der Waals surface area (Å²) in [6.45, 7) is 5.94. The summed E-state index contributed by atoms with van der Waals surface area (Å²) in [4.78, 5) is 18.7. The normalized spacial score (nSPS) is 14.4. The van der Waals surface area contributed by atoms with Crippen molar-refractivity contribution in [2.75, 3.05) is 50.0 Å². The van der Waals surface area contributed by atoms with Crippen molar-refractivity contribution in [3.8, 4) is 0 Å². The number of piperazine rings is 1. The summed E-state index contributed by atoms with van der Waals surface area (Å²) in [5.74, 6) is 0.110. The van der Waals surface area contributed by atoms with Gasteiger partial charge in [0.15, 0.2) is 5.11 Å². The molecule has 5 nitrogen and oxygen atoms in total. The van der Waals surface area contributed by atoms with E-state index in [-0.39, 0.29) is 5.91 Å². The number of unbranched alkanes of at least 4 members (excludes halogenated alkanes) is 1. The topological polar surface area (TPSA) is 38.8 Å². The lowest BCUT2D eigenvalue weighted by molar-refractivity contribution is -0.119. The maximum absolute atomic E-state index is 12.6. The Morgan fingerprint density at radius 3 is 2.33 bits per heavy atom. The fraction of sp³-hybridized carbons (Fsp3) is 0.417. The number of amides is 1. The van der Waals surface area contributed by atoms with Gasteiger partial charge in [0, 0.05) is 44.6 Å². The molecule has 1 amide bonds. The van der Waals surface area contributed by atoms with Crippen LogP contribution in [-0.2, 0) is 11.2 Å². The number of aryl methyl sites for hydroxylation is 1. The zero-order valence-corrected chi connectivity index (χ0v) is 18.8. The molecule has 0 spiro atoms. The summed E-state index contributed by atoms with van der Waals surface area (Å²) in [6.07, 6.45) is 3.56. The number of carbonyl (C=O) groups is 1. The number of benzene rings is 2. The standard InChI is InChI=1S/C24H32N4OS/c1-3-4-8-20-11-13-21(14-12-20)25-24(30)28-17-15-27(16-18-28)19-23(29)26(2)22-9-6-5-7-10-22/h5-7,9-14H,3-4,8,15-19H2,1-2H3,(H,25,30). The Morgan fingerprint density at radius 1 is 1.03 bits per heavy atom. The maximum Gasteiger partial charge on any atom is 0.240 e. The van der Waals surface area contributed by atoms with Gasteiger partial charge in [-0.2, -0.15) is 0 Å². The summed E-state index contributed by atoms with van der Waals surface area (Å²) in [6, 6.07) is 18.3. The van der Waals surface area contributed by atoms with Crippen LogP contribution in [0.25, 0.3) is 0 Å². The van der Waals surface area contributed by atoms with Gasteiger partial charge in [-0.25, -0.2) is 0 Å². The average Bonchev–Trinajstić information content (AvgIpc) is 2.79. The van der Waals surface area contributed by atoms with E-state index in [1.54, 1.807) is 4.90 Å². The highest BCUT2D eigenvalue weighted by Crippen LogP contribution is 2.14. The van der Waals surface area contributed by atoms with Crippen molar-refractivity contribution in [2.24, 2.45) is 0 Å². The second kappa shape index (κ2) is 11.1. The Bertz CT molecular complexity index is 817. The Kier molecular flexibility index (Phi) is 8.22. The Morgan fingerprint density at radius 2 is 1.70 bits per heavy atom. The molecule has 160 valence electrons. The molecule has 30 heavy (non-hydrogen) atoms. The molecule has 1 saturated heterocycles. The molecule has 2 aromatic rings. The molecule has 0 bridgehead atoms. The van der Waals surface area contributed by atoms with Crippen LogP contribution in [0.5, 0.6) is 0 Å². The van der Waals surface area contributed by atoms with E-state index in [1.807, 2.05) is 37.4 Å². The number of nitrogens with one attached hydrogen (secondary N) is 1. The van der Waals surface area contributed by atoms with Crippen LogP contribution >= 0.6 is 12.2 Å². The molecular formula is C24H32N4OS. The van der Waals surface area contributed by atoms with E-state index in [2.05, 4.69) is 46.3 Å². The van der Waals surface area contributed by atoms with Crippen LogP contribution in [0.3, 0.4) is 0 Å². The van der Waals surface area contributed by atoms with E-state index >= 15 is 0 Å². The number of rotatable bonds is 7. The third kappa shape index (κ3) is 6.28. The first-order valence-electron chi connectivity index (χ1n) is 10.8. The molecule has 3 rings (SSSR count). The average molecular weight is 425 g/mol. The van der Waals surface area contributed by atoms with Gasteiger partial charge in [-0.15, -0.1) is 0 Å². The molecule has 1 N–H and O–H groups in total. The van der Waals surface area contributed by atoms with Crippen molar-refractivity contribution in [1.82, 2.24) is 9.80 Å². The number of hydrogen-bond acceptors (Lipinski definition) is 3. The van der Waals surface area contributed by atoms with Gasteiger partial charge in [0.25, 0.3) is 0 Å². The fourth-order valence-corrected chi connectivity index (χ4v) is 3.84. The van der Waals surface area contributed by atoms with Gasteiger partial charge in [0.05, 0.1) is 6.54 Å². The van der Waals surface area contributed by atoms with Crippen LogP contribution in [0.15, 0.2) is 54.6 Å². The fourth-order valence-electron chi connectivity index (χ4n) is 3.54. The van der Waals surface area contributed by atoms with E-state index in [9.17, 15) is 4.79 Å². The quantitative estimate of drug-likeness (QED) is 0.680. The first-order valence-corrected chi connectivity index (χ1v) is 11.2. The largest absolute Gasteiger partial charge is 0.346 e. The summed E-state index contributed by atoms with van der Waals surface area (Å²) in [7, 11) is 1.83. The molecule has 1 heterocycles. The second-order valence-electron chi connectivity index (χ2n) is 7.78. The summed E-state index contributed by atoms with van der Waals surface area (Å²) < 4.78 is 0. The SMILES string of the molecule is CCCCc1ccc(NC(=S)N2CCN(CC(=O)N(C)c3ccccc3)CC2)cc1. The Hall–Kier alpha value is -2.44. The van der Waals surface area contributed by atoms with E-state index < -0.39 is 0 Å². The van der Waals surface area contributed by atoms with Crippen LogP contribution in [-0.4, -0.2) is 60.6 Å². The summed E-state index contributed by atoms with van der Waals surface area (Å²) >= 11 is 5.61. The minimum absolute atomic E-state index is 0.110. The van der Waals surface area contributed by atoms with Gasteiger partial charge in [0.1, 0.15) is 0 Å². The van der Waals surface area contributed by atoms with Crippen molar-refractivity contribution in [3.63, 3.8) is 0 Å². The van der Waals surface area contributed by atoms with Gasteiger partial charge in [-0.05, 0) is 54.9 Å². The molecule has 1 aliphatic rings. The van der Waals surface area contributed by atoms with Gasteiger partial charge < -0.3 is 15.1 Å². The summed E-state index contributed by atoms with van der Waals surface area (Å²) in [5, 5.41) is 4.11. The second-order valence-corrected chi connectivity index (χ2v) is 8.17. The third-order valence-corrected chi connectivity index (χ3v) is 5.92. The molecule has 1 fully saturated rings. The maximum atomic E-state index is 12.6. The molecule has 0 radical (unpaired) electrons. The smallest absolute Gasteiger partial charge is 0.240 e. The molecule has 0 saturated carbocycles. The number of para-hydroxylation sites is 1. The molecule has 1 aliphatic heterocycles. The van der Waals surface area contributed by atoms with Crippen LogP contribution < -0.4 is 10.2 Å². The number of nitrogens with zero attached hydrogens (tertiary/aromatic N) is 3. The number of anilines is 2. The lowest BCUT2D eigenvalue weighted by atomic mass is 10.1. The zero-order valence-electron chi connectivity index (χ0n) is 18.0. The van der Waals surface area contributed by atoms with Crippen molar-refractivity contribution < 1.29 is 4.79 Å². The van der Waals surface area contributed by atoms with E-state index in [1.165, 1.54) is 18.4 Å². The highest BCUT2D eigenvalue weighted by molar-refractivity contribution is 7.80. The van der Waals surface area contributed by atoms with Crippen LogP contribution in [0, 0.1) is 0 Å². The highest BCUT2D eigenvalue weighted by atomic mass is 32.1. The molecular weight excluding hydrogens is 392 g/mol. The number of hydrogen-bond donors (Lipinski definition) is 1. The van der Waals surface area contributed by atoms with Gasteiger partial charge in [-0.1, -0.05) is 43.7 Å². The Labute approximate surface area is 185 Å². The van der Waals surface area contributed by atoms with E-state index in [0.717, 1.165) is 49.1 Å². The number of thiocarbonyl (C=S) groups is 1. The van der Waals surface area contributed by atoms with Crippen molar-refractivity contribution in [3.05, 3.63) is 60.2 Å². The molecule has 0 unspecified atom stereocenters. The lowest BCUT2D eigenvalue weighted by Crippen LogP contribution is -2.52. The van der Waals surface area contributed by atoms with Crippen molar-refractivity contribution in [2.45, 2.75) is 26.2 Å². The van der Waals surface area contributed by atoms with Crippen molar-refractivity contribution >= 4 is 34.6 Å². The predicted octanol–water partition coefficient (Wildman–Crippen LogP) is 4.01. The minimum Gasteiger partial charge on any atom is -0.346 e. The molecule has 0 aliphatic carbocycles. The Balaban J connectivity index is 1.43. The zero-order chi connectivity index (χ0) is 21.3. The minimum atomic E-state index is 0.110. The van der Waals surface area contributed by atoms with Gasteiger partial charge >= 0.3 is 0 Å². The third-order valence-electron chi connectivity index (χ3n) is 5.56. The van der Waals surface area contributed by atoms with Crippen molar-refractivity contribution in [1.29, 1.82) is 0 Å². The van der Waals surface area contributed by atoms with Gasteiger partial charge in [-0.3, -0.25) is 9.69 Å². The van der Waals surface area contributed by atoms with Crippen LogP contribution in [0.4, 0.5) is 11.4 Å². The lowest BCUT2D eigenvalue weighted by Gasteiger charge is -2.36. The van der Waals surface area contributed by atoms with E-state index in [4.69, 9.17) is 12.2 Å². The summed E-state index contributed by atoms with van der Waals surface area (Å²) in [5.41, 5.74) is 3.32. The molecule has 0 atom stereocenters. The monoisotopic (exact) mass is 424 g/mol. The first-order chi connectivity index (χ1) is 14.6. The number of carbonyl (C=O) groups excluding carboxylic acids is 1. The molecule has 0 aromatic heterocycles.